The second-order valence-corrected chi connectivity index (χ2v) is 7.25. The maximum absolute atomic E-state index is 13.6. The first-order chi connectivity index (χ1) is 12.0. The zero-order valence-electron chi connectivity index (χ0n) is 15.2. The van der Waals surface area contributed by atoms with Gasteiger partial charge in [0.25, 0.3) is 11.6 Å². The molecule has 0 aromatic heterocycles. The van der Waals surface area contributed by atoms with Gasteiger partial charge in [0.05, 0.1) is 16.6 Å². The normalized spacial score (nSPS) is 11.3. The summed E-state index contributed by atoms with van der Waals surface area (Å²) in [6.07, 6.45) is 0. The molecule has 2 N–H and O–H groups in total. The Kier molecular flexibility index (Phi) is 5.30. The summed E-state index contributed by atoms with van der Waals surface area (Å²) < 4.78 is 13.6. The molecular formula is C19H22FN3O3. The highest BCUT2D eigenvalue weighted by atomic mass is 19.1. The second kappa shape index (κ2) is 7.11. The summed E-state index contributed by atoms with van der Waals surface area (Å²) in [5.41, 5.74) is 6.61. The van der Waals surface area contributed by atoms with Gasteiger partial charge in [-0.2, -0.15) is 0 Å². The van der Waals surface area contributed by atoms with Crippen LogP contribution in [0, 0.1) is 15.9 Å². The van der Waals surface area contributed by atoms with Crippen molar-refractivity contribution in [3.63, 3.8) is 0 Å². The molecule has 1 amide bonds. The van der Waals surface area contributed by atoms with E-state index in [9.17, 15) is 19.3 Å². The van der Waals surface area contributed by atoms with Gasteiger partial charge in [-0.15, -0.1) is 0 Å². The number of amides is 1. The minimum Gasteiger partial charge on any atom is -0.393 e. The van der Waals surface area contributed by atoms with Crippen LogP contribution in [-0.4, -0.2) is 22.8 Å². The summed E-state index contributed by atoms with van der Waals surface area (Å²) in [7, 11) is 1.54. The summed E-state index contributed by atoms with van der Waals surface area (Å²) >= 11 is 0. The SMILES string of the molecule is CN(Cc1ccc(C(C)(C)C)cc1)C(=O)c1cc(F)cc([N+](=O)[O-])c1N. The molecular weight excluding hydrogens is 337 g/mol. The molecule has 0 saturated carbocycles. The number of carbonyl (C=O) groups excluding carboxylic acids is 1. The van der Waals surface area contributed by atoms with Crippen LogP contribution >= 0.6 is 0 Å². The van der Waals surface area contributed by atoms with Gasteiger partial charge >= 0.3 is 0 Å². The average Bonchev–Trinajstić information content (AvgIpc) is 2.55. The molecule has 6 nitrogen and oxygen atoms in total. The van der Waals surface area contributed by atoms with Crippen LogP contribution in [-0.2, 0) is 12.0 Å². The van der Waals surface area contributed by atoms with Gasteiger partial charge in [0.1, 0.15) is 11.5 Å². The molecule has 0 saturated heterocycles. The van der Waals surface area contributed by atoms with Crippen molar-refractivity contribution in [1.82, 2.24) is 4.90 Å². The lowest BCUT2D eigenvalue weighted by Gasteiger charge is -2.21. The van der Waals surface area contributed by atoms with Crippen LogP contribution in [0.3, 0.4) is 0 Å². The highest BCUT2D eigenvalue weighted by Crippen LogP contribution is 2.28. The molecule has 0 unspecified atom stereocenters. The van der Waals surface area contributed by atoms with Crippen LogP contribution in [0.1, 0.15) is 42.3 Å². The first kappa shape index (κ1) is 19.4. The summed E-state index contributed by atoms with van der Waals surface area (Å²) in [5, 5.41) is 11.0. The van der Waals surface area contributed by atoms with Gasteiger partial charge in [0, 0.05) is 13.6 Å². The van der Waals surface area contributed by atoms with Crippen LogP contribution < -0.4 is 5.73 Å². The quantitative estimate of drug-likeness (QED) is 0.509. The minimum absolute atomic E-state index is 0.0230. The van der Waals surface area contributed by atoms with Crippen molar-refractivity contribution in [2.75, 3.05) is 12.8 Å². The van der Waals surface area contributed by atoms with E-state index >= 15 is 0 Å². The summed E-state index contributed by atoms with van der Waals surface area (Å²) in [6.45, 7) is 6.60. The molecule has 0 aliphatic heterocycles. The monoisotopic (exact) mass is 359 g/mol. The fraction of sp³-hybridized carbons (Fsp3) is 0.316. The second-order valence-electron chi connectivity index (χ2n) is 7.25. The minimum atomic E-state index is -0.878. The van der Waals surface area contributed by atoms with Crippen LogP contribution in [0.2, 0.25) is 0 Å². The Hall–Kier alpha value is -2.96. The third-order valence-electron chi connectivity index (χ3n) is 4.14. The van der Waals surface area contributed by atoms with Crippen LogP contribution in [0.5, 0.6) is 0 Å². The van der Waals surface area contributed by atoms with E-state index in [2.05, 4.69) is 20.8 Å². The number of anilines is 1. The zero-order valence-corrected chi connectivity index (χ0v) is 15.2. The van der Waals surface area contributed by atoms with Crippen molar-refractivity contribution in [3.05, 3.63) is 69.0 Å². The molecule has 0 radical (unpaired) electrons. The molecule has 0 aliphatic carbocycles. The Morgan fingerprint density at radius 2 is 1.81 bits per heavy atom. The van der Waals surface area contributed by atoms with E-state index in [-0.39, 0.29) is 23.2 Å². The number of benzene rings is 2. The number of nitro benzene ring substituents is 1. The number of rotatable bonds is 4. The van der Waals surface area contributed by atoms with E-state index in [0.717, 1.165) is 11.6 Å². The van der Waals surface area contributed by atoms with E-state index in [0.29, 0.717) is 6.07 Å². The number of carbonyl (C=O) groups is 1. The highest BCUT2D eigenvalue weighted by molar-refractivity contribution is 6.00. The number of nitro groups is 1. The Balaban J connectivity index is 2.24. The number of halogens is 1. The summed E-state index contributed by atoms with van der Waals surface area (Å²) in [6, 6.07) is 9.45. The van der Waals surface area contributed by atoms with Gasteiger partial charge in [-0.25, -0.2) is 4.39 Å². The molecule has 0 bridgehead atoms. The van der Waals surface area contributed by atoms with Crippen molar-refractivity contribution in [1.29, 1.82) is 0 Å². The maximum Gasteiger partial charge on any atom is 0.295 e. The van der Waals surface area contributed by atoms with Gasteiger partial charge in [0.2, 0.25) is 0 Å². The molecule has 0 spiro atoms. The van der Waals surface area contributed by atoms with Crippen molar-refractivity contribution in [3.8, 4) is 0 Å². The van der Waals surface area contributed by atoms with Gasteiger partial charge in [-0.3, -0.25) is 14.9 Å². The third-order valence-corrected chi connectivity index (χ3v) is 4.14. The van der Waals surface area contributed by atoms with Crippen LogP contribution in [0.4, 0.5) is 15.8 Å². The third kappa shape index (κ3) is 4.17. The molecule has 0 aliphatic rings. The van der Waals surface area contributed by atoms with Crippen LogP contribution in [0.15, 0.2) is 36.4 Å². The molecule has 2 rings (SSSR count). The number of nitrogen functional groups attached to an aromatic ring is 1. The van der Waals surface area contributed by atoms with Crippen molar-refractivity contribution in [2.24, 2.45) is 0 Å². The predicted molar refractivity (Wildman–Crippen MR) is 98.4 cm³/mol. The van der Waals surface area contributed by atoms with Gasteiger partial charge in [-0.1, -0.05) is 45.0 Å². The van der Waals surface area contributed by atoms with E-state index in [4.69, 9.17) is 5.73 Å². The fourth-order valence-corrected chi connectivity index (χ4v) is 2.59. The van der Waals surface area contributed by atoms with Gasteiger partial charge in [0.15, 0.2) is 0 Å². The fourth-order valence-electron chi connectivity index (χ4n) is 2.59. The van der Waals surface area contributed by atoms with Crippen molar-refractivity contribution in [2.45, 2.75) is 32.7 Å². The topological polar surface area (TPSA) is 89.5 Å². The van der Waals surface area contributed by atoms with E-state index in [1.165, 1.54) is 17.5 Å². The molecule has 0 atom stereocenters. The van der Waals surface area contributed by atoms with Crippen molar-refractivity contribution >= 4 is 17.3 Å². The maximum atomic E-state index is 13.6. The number of hydrogen-bond acceptors (Lipinski definition) is 4. The number of hydrogen-bond donors (Lipinski definition) is 1. The Morgan fingerprint density at radius 3 is 2.31 bits per heavy atom. The largest absolute Gasteiger partial charge is 0.393 e. The lowest BCUT2D eigenvalue weighted by Crippen LogP contribution is -2.27. The molecule has 26 heavy (non-hydrogen) atoms. The molecule has 2 aromatic rings. The zero-order chi connectivity index (χ0) is 19.6. The molecule has 0 heterocycles. The van der Waals surface area contributed by atoms with Gasteiger partial charge in [-0.05, 0) is 22.6 Å². The Bertz CT molecular complexity index is 842. The molecule has 0 fully saturated rings. The van der Waals surface area contributed by atoms with Gasteiger partial charge < -0.3 is 10.6 Å². The summed E-state index contributed by atoms with van der Waals surface area (Å²) in [4.78, 5) is 24.1. The first-order valence-corrected chi connectivity index (χ1v) is 8.09. The van der Waals surface area contributed by atoms with E-state index < -0.39 is 22.3 Å². The Labute approximate surface area is 151 Å². The molecule has 138 valence electrons. The molecule has 2 aromatic carbocycles. The van der Waals surface area contributed by atoms with Crippen molar-refractivity contribution < 1.29 is 14.1 Å². The summed E-state index contributed by atoms with van der Waals surface area (Å²) in [5.74, 6) is -1.46. The lowest BCUT2D eigenvalue weighted by molar-refractivity contribution is -0.384. The predicted octanol–water partition coefficient (Wildman–Crippen LogP) is 3.89. The highest BCUT2D eigenvalue weighted by Gasteiger charge is 2.24. The Morgan fingerprint density at radius 1 is 1.23 bits per heavy atom. The lowest BCUT2D eigenvalue weighted by atomic mass is 9.87. The average molecular weight is 359 g/mol. The van der Waals surface area contributed by atoms with Crippen LogP contribution in [0.25, 0.3) is 0 Å². The number of nitrogens with zero attached hydrogens (tertiary/aromatic N) is 2. The smallest absolute Gasteiger partial charge is 0.295 e. The van der Waals surface area contributed by atoms with E-state index in [1.807, 2.05) is 24.3 Å². The standard InChI is InChI=1S/C19H22FN3O3/c1-19(2,3)13-7-5-12(6-8-13)11-22(4)18(24)15-9-14(20)10-16(17(15)21)23(25)26/h5-10H,11,21H2,1-4H3. The molecule has 7 heteroatoms. The van der Waals surface area contributed by atoms with E-state index in [1.54, 1.807) is 0 Å². The number of nitrogens with two attached hydrogens (primary N) is 1. The first-order valence-electron chi connectivity index (χ1n) is 8.09.